The van der Waals surface area contributed by atoms with E-state index in [1.165, 1.54) is 6.07 Å². The van der Waals surface area contributed by atoms with Gasteiger partial charge in [0.15, 0.2) is 0 Å². The van der Waals surface area contributed by atoms with Crippen molar-refractivity contribution in [3.63, 3.8) is 0 Å². The van der Waals surface area contributed by atoms with E-state index in [1.54, 1.807) is 0 Å². The van der Waals surface area contributed by atoms with Crippen LogP contribution in [0.4, 0.5) is 4.39 Å². The van der Waals surface area contributed by atoms with Gasteiger partial charge in [0.1, 0.15) is 5.82 Å². The van der Waals surface area contributed by atoms with Crippen molar-refractivity contribution < 1.29 is 14.3 Å². The minimum absolute atomic E-state index is 0.0747. The predicted octanol–water partition coefficient (Wildman–Crippen LogP) is 2.61. The lowest BCUT2D eigenvalue weighted by atomic mass is 10.0. The van der Waals surface area contributed by atoms with Crippen LogP contribution >= 0.6 is 23.2 Å². The van der Waals surface area contributed by atoms with Gasteiger partial charge in [-0.3, -0.25) is 4.79 Å². The van der Waals surface area contributed by atoms with E-state index in [4.69, 9.17) is 34.0 Å². The number of benzene rings is 1. The number of hydrogen-bond acceptors (Lipinski definition) is 2. The Hall–Kier alpha value is -0.840. The molecular weight excluding hydrogens is 244 g/mol. The largest absolute Gasteiger partial charge is 0.481 e. The molecule has 0 aromatic heterocycles. The number of carboxylic acid groups (broad SMARTS) is 1. The van der Waals surface area contributed by atoms with E-state index in [0.717, 1.165) is 6.07 Å². The molecule has 1 rings (SSSR count). The lowest BCUT2D eigenvalue weighted by Gasteiger charge is -2.12. The Bertz CT molecular complexity index is 398. The SMILES string of the molecule is NC(CC(=O)O)c1cc(Cl)c(F)cc1Cl. The second kappa shape index (κ2) is 4.79. The monoisotopic (exact) mass is 251 g/mol. The van der Waals surface area contributed by atoms with Gasteiger partial charge in [-0.1, -0.05) is 23.2 Å². The van der Waals surface area contributed by atoms with Crippen LogP contribution in [0.25, 0.3) is 0 Å². The van der Waals surface area contributed by atoms with Gasteiger partial charge >= 0.3 is 5.97 Å². The molecule has 0 amide bonds. The summed E-state index contributed by atoms with van der Waals surface area (Å²) >= 11 is 11.2. The molecule has 15 heavy (non-hydrogen) atoms. The fourth-order valence-corrected chi connectivity index (χ4v) is 1.58. The van der Waals surface area contributed by atoms with Crippen molar-refractivity contribution in [2.75, 3.05) is 0 Å². The number of halogens is 3. The van der Waals surface area contributed by atoms with Gasteiger partial charge in [0.2, 0.25) is 0 Å². The maximum absolute atomic E-state index is 12.9. The Morgan fingerprint density at radius 2 is 2.07 bits per heavy atom. The van der Waals surface area contributed by atoms with Crippen LogP contribution in [-0.2, 0) is 4.79 Å². The normalized spacial score (nSPS) is 12.5. The van der Waals surface area contributed by atoms with E-state index in [1.807, 2.05) is 0 Å². The zero-order valence-corrected chi connectivity index (χ0v) is 9.02. The highest BCUT2D eigenvalue weighted by atomic mass is 35.5. The molecule has 1 unspecified atom stereocenters. The molecule has 1 atom stereocenters. The molecule has 6 heteroatoms. The molecule has 0 aliphatic heterocycles. The maximum atomic E-state index is 12.9. The number of carboxylic acids is 1. The molecule has 0 heterocycles. The van der Waals surface area contributed by atoms with Crippen molar-refractivity contribution in [3.8, 4) is 0 Å². The molecule has 0 spiro atoms. The predicted molar refractivity (Wildman–Crippen MR) is 55.6 cm³/mol. The van der Waals surface area contributed by atoms with Crippen LogP contribution in [0, 0.1) is 5.82 Å². The van der Waals surface area contributed by atoms with E-state index in [-0.39, 0.29) is 16.5 Å². The third-order valence-electron chi connectivity index (χ3n) is 1.83. The van der Waals surface area contributed by atoms with E-state index < -0.39 is 17.8 Å². The van der Waals surface area contributed by atoms with Gasteiger partial charge in [-0.2, -0.15) is 0 Å². The first kappa shape index (κ1) is 12.2. The summed E-state index contributed by atoms with van der Waals surface area (Å²) in [5.41, 5.74) is 5.89. The summed E-state index contributed by atoms with van der Waals surface area (Å²) in [6.07, 6.45) is -0.290. The number of nitrogens with two attached hydrogens (primary N) is 1. The fraction of sp³-hybridized carbons (Fsp3) is 0.222. The van der Waals surface area contributed by atoms with Gasteiger partial charge in [-0.25, -0.2) is 4.39 Å². The van der Waals surface area contributed by atoms with E-state index in [0.29, 0.717) is 5.56 Å². The Morgan fingerprint density at radius 3 is 2.60 bits per heavy atom. The van der Waals surface area contributed by atoms with Crippen molar-refractivity contribution >= 4 is 29.2 Å². The van der Waals surface area contributed by atoms with E-state index >= 15 is 0 Å². The molecule has 82 valence electrons. The van der Waals surface area contributed by atoms with Crippen LogP contribution in [0.5, 0.6) is 0 Å². The third-order valence-corrected chi connectivity index (χ3v) is 2.45. The molecule has 1 aromatic carbocycles. The summed E-state index contributed by atoms with van der Waals surface area (Å²) < 4.78 is 12.9. The molecule has 1 aromatic rings. The first-order chi connectivity index (χ1) is 6.91. The van der Waals surface area contributed by atoms with Gasteiger partial charge in [0, 0.05) is 11.1 Å². The molecule has 0 saturated carbocycles. The van der Waals surface area contributed by atoms with Gasteiger partial charge < -0.3 is 10.8 Å². The molecular formula is C9H8Cl2FNO2. The van der Waals surface area contributed by atoms with E-state index in [9.17, 15) is 9.18 Å². The Kier molecular flexibility index (Phi) is 3.90. The summed E-state index contributed by atoms with van der Waals surface area (Å²) in [6.45, 7) is 0. The molecule has 3 nitrogen and oxygen atoms in total. The topological polar surface area (TPSA) is 63.3 Å². The van der Waals surface area contributed by atoms with Gasteiger partial charge in [-0.05, 0) is 17.7 Å². The first-order valence-corrected chi connectivity index (χ1v) is 4.79. The van der Waals surface area contributed by atoms with Crippen LogP contribution in [0.2, 0.25) is 10.0 Å². The average Bonchev–Trinajstić information content (AvgIpc) is 2.09. The van der Waals surface area contributed by atoms with Crippen molar-refractivity contribution in [1.82, 2.24) is 0 Å². The summed E-state index contributed by atoms with van der Waals surface area (Å²) in [4.78, 5) is 10.4. The summed E-state index contributed by atoms with van der Waals surface area (Å²) in [6, 6.07) is 1.46. The summed E-state index contributed by atoms with van der Waals surface area (Å²) in [5.74, 6) is -1.72. The van der Waals surface area contributed by atoms with Gasteiger partial charge in [-0.15, -0.1) is 0 Å². The Balaban J connectivity index is 3.03. The van der Waals surface area contributed by atoms with Crippen LogP contribution in [0.15, 0.2) is 12.1 Å². The van der Waals surface area contributed by atoms with Gasteiger partial charge in [0.05, 0.1) is 11.4 Å². The third kappa shape index (κ3) is 3.06. The Labute approximate surface area is 95.6 Å². The van der Waals surface area contributed by atoms with Crippen LogP contribution < -0.4 is 5.73 Å². The number of aliphatic carboxylic acids is 1. The number of carbonyl (C=O) groups is 1. The molecule has 0 aliphatic rings. The van der Waals surface area contributed by atoms with Crippen molar-refractivity contribution in [3.05, 3.63) is 33.6 Å². The average molecular weight is 252 g/mol. The molecule has 0 aliphatic carbocycles. The van der Waals surface area contributed by atoms with Crippen molar-refractivity contribution in [1.29, 1.82) is 0 Å². The standard InChI is InChI=1S/C9H8Cl2FNO2/c10-5-2-7(12)6(11)1-4(5)8(13)3-9(14)15/h1-2,8H,3,13H2,(H,14,15). The molecule has 0 bridgehead atoms. The smallest absolute Gasteiger partial charge is 0.305 e. The molecule has 3 N–H and O–H groups in total. The van der Waals surface area contributed by atoms with E-state index in [2.05, 4.69) is 0 Å². The molecule has 0 fully saturated rings. The van der Waals surface area contributed by atoms with Crippen molar-refractivity contribution in [2.45, 2.75) is 12.5 Å². The fourth-order valence-electron chi connectivity index (χ4n) is 1.12. The second-order valence-electron chi connectivity index (χ2n) is 2.99. The zero-order chi connectivity index (χ0) is 11.6. The maximum Gasteiger partial charge on any atom is 0.305 e. The number of rotatable bonds is 3. The van der Waals surface area contributed by atoms with Gasteiger partial charge in [0.25, 0.3) is 0 Å². The minimum Gasteiger partial charge on any atom is -0.481 e. The zero-order valence-electron chi connectivity index (χ0n) is 7.51. The highest BCUT2D eigenvalue weighted by Crippen LogP contribution is 2.28. The lowest BCUT2D eigenvalue weighted by molar-refractivity contribution is -0.137. The highest BCUT2D eigenvalue weighted by molar-refractivity contribution is 6.33. The second-order valence-corrected chi connectivity index (χ2v) is 3.81. The number of hydrogen-bond donors (Lipinski definition) is 2. The lowest BCUT2D eigenvalue weighted by Crippen LogP contribution is -2.15. The first-order valence-electron chi connectivity index (χ1n) is 4.03. The summed E-state index contributed by atoms with van der Waals surface area (Å²) in [7, 11) is 0. The highest BCUT2D eigenvalue weighted by Gasteiger charge is 2.16. The summed E-state index contributed by atoms with van der Waals surface area (Å²) in [5, 5.41) is 8.48. The molecule has 0 saturated heterocycles. The van der Waals surface area contributed by atoms with Crippen LogP contribution in [-0.4, -0.2) is 11.1 Å². The van der Waals surface area contributed by atoms with Crippen molar-refractivity contribution in [2.24, 2.45) is 5.73 Å². The van der Waals surface area contributed by atoms with Crippen LogP contribution in [0.1, 0.15) is 18.0 Å². The Morgan fingerprint density at radius 1 is 1.47 bits per heavy atom. The minimum atomic E-state index is -1.06. The quantitative estimate of drug-likeness (QED) is 0.812. The van der Waals surface area contributed by atoms with Crippen LogP contribution in [0.3, 0.4) is 0 Å². The molecule has 0 radical (unpaired) electrons.